The number of aliphatic hydroxyl groups is 1. The van der Waals surface area contributed by atoms with Crippen molar-refractivity contribution in [1.82, 2.24) is 0 Å². The predicted octanol–water partition coefficient (Wildman–Crippen LogP) is 3.48. The van der Waals surface area contributed by atoms with Crippen molar-refractivity contribution in [1.29, 1.82) is 0 Å². The van der Waals surface area contributed by atoms with Gasteiger partial charge in [0.25, 0.3) is 0 Å². The predicted molar refractivity (Wildman–Crippen MR) is 66.8 cm³/mol. The largest absolute Gasteiger partial charge is 0.388 e. The molecule has 80 valence electrons. The summed E-state index contributed by atoms with van der Waals surface area (Å²) in [6.07, 6.45) is 3.10. The number of benzene rings is 1. The molecule has 1 aromatic rings. The van der Waals surface area contributed by atoms with E-state index in [2.05, 4.69) is 6.58 Å². The molecule has 1 aromatic carbocycles. The standard InChI is InChI=1S/C13H16OS/c1-3-11(2)13(14)9-10-15-12-7-5-4-6-8-12/h3-11,13-14H,1H2,2H3/b10-9+/t11-,13+/m1/s1. The smallest absolute Gasteiger partial charge is 0.0788 e. The minimum absolute atomic E-state index is 0.0950. The van der Waals surface area contributed by atoms with Gasteiger partial charge in [0.1, 0.15) is 0 Å². The van der Waals surface area contributed by atoms with Crippen LogP contribution >= 0.6 is 11.8 Å². The summed E-state index contributed by atoms with van der Waals surface area (Å²) in [7, 11) is 0. The maximum Gasteiger partial charge on any atom is 0.0788 e. The maximum absolute atomic E-state index is 9.62. The second-order valence-electron chi connectivity index (χ2n) is 3.34. The molecular formula is C13H16OS. The van der Waals surface area contributed by atoms with E-state index in [0.717, 1.165) is 0 Å². The molecule has 1 N–H and O–H groups in total. The van der Waals surface area contributed by atoms with Gasteiger partial charge in [0.05, 0.1) is 6.10 Å². The summed E-state index contributed by atoms with van der Waals surface area (Å²) < 4.78 is 0. The summed E-state index contributed by atoms with van der Waals surface area (Å²) in [6.45, 7) is 5.59. The van der Waals surface area contributed by atoms with Crippen LogP contribution < -0.4 is 0 Å². The molecule has 2 atom stereocenters. The molecule has 2 heteroatoms. The van der Waals surface area contributed by atoms with E-state index >= 15 is 0 Å². The van der Waals surface area contributed by atoms with Gasteiger partial charge in [0.2, 0.25) is 0 Å². The van der Waals surface area contributed by atoms with Crippen LogP contribution in [0.2, 0.25) is 0 Å². The van der Waals surface area contributed by atoms with Gasteiger partial charge in [0, 0.05) is 10.8 Å². The van der Waals surface area contributed by atoms with Crippen LogP contribution in [0.4, 0.5) is 0 Å². The average Bonchev–Trinajstić information content (AvgIpc) is 2.29. The topological polar surface area (TPSA) is 20.2 Å². The lowest BCUT2D eigenvalue weighted by Gasteiger charge is -2.09. The minimum atomic E-state index is -0.446. The van der Waals surface area contributed by atoms with Gasteiger partial charge in [-0.05, 0) is 23.6 Å². The zero-order chi connectivity index (χ0) is 11.1. The van der Waals surface area contributed by atoms with E-state index in [4.69, 9.17) is 0 Å². The normalized spacial score (nSPS) is 15.1. The van der Waals surface area contributed by atoms with Gasteiger partial charge < -0.3 is 5.11 Å². The maximum atomic E-state index is 9.62. The lowest BCUT2D eigenvalue weighted by molar-refractivity contribution is 0.186. The highest BCUT2D eigenvalue weighted by molar-refractivity contribution is 8.02. The van der Waals surface area contributed by atoms with E-state index in [1.54, 1.807) is 23.9 Å². The van der Waals surface area contributed by atoms with E-state index in [1.165, 1.54) is 4.90 Å². The molecule has 0 unspecified atom stereocenters. The second kappa shape index (κ2) is 6.49. The van der Waals surface area contributed by atoms with Crippen LogP contribution in [-0.2, 0) is 0 Å². The van der Waals surface area contributed by atoms with E-state index in [9.17, 15) is 5.11 Å². The Bertz CT molecular complexity index is 319. The lowest BCUT2D eigenvalue weighted by atomic mass is 10.1. The fourth-order valence-electron chi connectivity index (χ4n) is 1.01. The molecule has 0 saturated heterocycles. The van der Waals surface area contributed by atoms with Gasteiger partial charge in [-0.2, -0.15) is 0 Å². The number of hydrogen-bond acceptors (Lipinski definition) is 2. The molecule has 0 aliphatic heterocycles. The quantitative estimate of drug-likeness (QED) is 0.605. The van der Waals surface area contributed by atoms with Crippen molar-refractivity contribution in [2.45, 2.75) is 17.9 Å². The van der Waals surface area contributed by atoms with Gasteiger partial charge in [-0.3, -0.25) is 0 Å². The zero-order valence-electron chi connectivity index (χ0n) is 8.84. The summed E-state index contributed by atoms with van der Waals surface area (Å²) >= 11 is 1.60. The fraction of sp³-hybridized carbons (Fsp3) is 0.231. The Kier molecular flexibility index (Phi) is 5.22. The van der Waals surface area contributed by atoms with E-state index in [-0.39, 0.29) is 5.92 Å². The van der Waals surface area contributed by atoms with Crippen molar-refractivity contribution in [2.75, 3.05) is 0 Å². The number of hydrogen-bond donors (Lipinski definition) is 1. The molecule has 0 aromatic heterocycles. The first-order chi connectivity index (χ1) is 7.24. The molecule has 15 heavy (non-hydrogen) atoms. The van der Waals surface area contributed by atoms with Gasteiger partial charge in [-0.25, -0.2) is 0 Å². The molecule has 0 saturated carbocycles. The lowest BCUT2D eigenvalue weighted by Crippen LogP contribution is -2.11. The Morgan fingerprint density at radius 2 is 2.00 bits per heavy atom. The van der Waals surface area contributed by atoms with E-state index in [1.807, 2.05) is 42.7 Å². The van der Waals surface area contributed by atoms with Crippen LogP contribution in [0.25, 0.3) is 0 Å². The molecule has 1 rings (SSSR count). The SMILES string of the molecule is C=C[C@@H](C)[C@@H](O)/C=C/Sc1ccccc1. The van der Waals surface area contributed by atoms with E-state index < -0.39 is 6.10 Å². The molecule has 1 nitrogen and oxygen atoms in total. The second-order valence-corrected chi connectivity index (χ2v) is 4.32. The average molecular weight is 220 g/mol. The van der Waals surface area contributed by atoms with Gasteiger partial charge in [0.15, 0.2) is 0 Å². The highest BCUT2D eigenvalue weighted by Gasteiger charge is 2.05. The molecule has 0 heterocycles. The number of rotatable bonds is 5. The van der Waals surface area contributed by atoms with Crippen molar-refractivity contribution in [3.63, 3.8) is 0 Å². The molecule has 0 spiro atoms. The molecule has 0 bridgehead atoms. The van der Waals surface area contributed by atoms with Crippen LogP contribution in [0.1, 0.15) is 6.92 Å². The summed E-state index contributed by atoms with van der Waals surface area (Å²) in [5.74, 6) is 0.0950. The Hall–Kier alpha value is -0.990. The molecule has 0 amide bonds. The van der Waals surface area contributed by atoms with Crippen molar-refractivity contribution in [2.24, 2.45) is 5.92 Å². The molecule has 0 fully saturated rings. The molecular weight excluding hydrogens is 204 g/mol. The van der Waals surface area contributed by atoms with Crippen LogP contribution in [0.3, 0.4) is 0 Å². The number of thioether (sulfide) groups is 1. The highest BCUT2D eigenvalue weighted by Crippen LogP contribution is 2.19. The fourth-order valence-corrected chi connectivity index (χ4v) is 1.72. The Morgan fingerprint density at radius 1 is 1.33 bits per heavy atom. The first-order valence-corrected chi connectivity index (χ1v) is 5.81. The Labute approximate surface area is 95.5 Å². The molecule has 0 aliphatic rings. The zero-order valence-corrected chi connectivity index (χ0v) is 9.65. The highest BCUT2D eigenvalue weighted by atomic mass is 32.2. The minimum Gasteiger partial charge on any atom is -0.388 e. The third-order valence-electron chi connectivity index (χ3n) is 2.13. The van der Waals surface area contributed by atoms with Crippen molar-refractivity contribution >= 4 is 11.8 Å². The van der Waals surface area contributed by atoms with E-state index in [0.29, 0.717) is 0 Å². The van der Waals surface area contributed by atoms with Gasteiger partial charge in [-0.1, -0.05) is 43.0 Å². The first-order valence-electron chi connectivity index (χ1n) is 4.93. The van der Waals surface area contributed by atoms with Crippen molar-refractivity contribution in [3.05, 3.63) is 54.5 Å². The van der Waals surface area contributed by atoms with Crippen LogP contribution in [0.15, 0.2) is 59.4 Å². The van der Waals surface area contributed by atoms with Gasteiger partial charge in [-0.15, -0.1) is 6.58 Å². The van der Waals surface area contributed by atoms with Gasteiger partial charge >= 0.3 is 0 Å². The summed E-state index contributed by atoms with van der Waals surface area (Å²) in [5, 5.41) is 11.5. The summed E-state index contributed by atoms with van der Waals surface area (Å²) in [6, 6.07) is 10.1. The van der Waals surface area contributed by atoms with Crippen LogP contribution in [-0.4, -0.2) is 11.2 Å². The van der Waals surface area contributed by atoms with Crippen LogP contribution in [0, 0.1) is 5.92 Å². The van der Waals surface area contributed by atoms with Crippen molar-refractivity contribution in [3.8, 4) is 0 Å². The summed E-state index contributed by atoms with van der Waals surface area (Å²) in [5.41, 5.74) is 0. The third-order valence-corrected chi connectivity index (χ3v) is 2.97. The monoisotopic (exact) mass is 220 g/mol. The molecule has 0 aliphatic carbocycles. The Balaban J connectivity index is 2.43. The third kappa shape index (κ3) is 4.36. The molecule has 0 radical (unpaired) electrons. The Morgan fingerprint density at radius 3 is 2.60 bits per heavy atom. The van der Waals surface area contributed by atoms with Crippen molar-refractivity contribution < 1.29 is 5.11 Å². The summed E-state index contributed by atoms with van der Waals surface area (Å²) in [4.78, 5) is 1.17. The first kappa shape index (κ1) is 12.1. The van der Waals surface area contributed by atoms with Crippen LogP contribution in [0.5, 0.6) is 0 Å². The number of aliphatic hydroxyl groups excluding tert-OH is 1.